The number of halogens is 2. The van der Waals surface area contributed by atoms with Crippen molar-refractivity contribution in [1.82, 2.24) is 0 Å². The molecule has 0 atom stereocenters. The van der Waals surface area contributed by atoms with Crippen molar-refractivity contribution in [2.24, 2.45) is 5.16 Å². The van der Waals surface area contributed by atoms with Crippen LogP contribution < -0.4 is 9.47 Å². The first-order valence-electron chi connectivity index (χ1n) is 8.35. The van der Waals surface area contributed by atoms with Crippen molar-refractivity contribution in [3.05, 3.63) is 33.8 Å². The Balaban J connectivity index is 2.71. The quantitative estimate of drug-likeness (QED) is 0.280. The summed E-state index contributed by atoms with van der Waals surface area (Å²) in [6.07, 6.45) is 2.38. The van der Waals surface area contributed by atoms with Crippen molar-refractivity contribution in [1.29, 1.82) is 0 Å². The van der Waals surface area contributed by atoms with E-state index in [1.807, 2.05) is 32.9 Å². The van der Waals surface area contributed by atoms with Crippen LogP contribution in [0.1, 0.15) is 51.2 Å². The maximum absolute atomic E-state index is 6.00. The Morgan fingerprint density at radius 1 is 1.16 bits per heavy atom. The van der Waals surface area contributed by atoms with E-state index in [-0.39, 0.29) is 4.49 Å². The van der Waals surface area contributed by atoms with Gasteiger partial charge in [-0.25, -0.2) is 0 Å². The van der Waals surface area contributed by atoms with Crippen molar-refractivity contribution in [3.8, 4) is 11.5 Å². The number of hydrogen-bond acceptors (Lipinski definition) is 4. The molecule has 0 saturated heterocycles. The van der Waals surface area contributed by atoms with Crippen LogP contribution in [0.5, 0.6) is 11.5 Å². The molecule has 140 valence electrons. The monoisotopic (exact) mass is 387 g/mol. The number of benzene rings is 1. The molecule has 1 rings (SSSR count). The number of aryl methyl sites for hydroxylation is 1. The molecule has 0 aliphatic carbocycles. The Morgan fingerprint density at radius 2 is 1.88 bits per heavy atom. The summed E-state index contributed by atoms with van der Waals surface area (Å²) in [5, 5.41) is 3.91. The number of ether oxygens (including phenoxy) is 2. The van der Waals surface area contributed by atoms with Gasteiger partial charge in [0, 0.05) is 12.0 Å². The SMILES string of the molecule is CC(C)=NOCCCOc1c(C)cc(OCC=C(Cl)Cl)cc1C(C)C. The fourth-order valence-electron chi connectivity index (χ4n) is 2.15. The molecule has 1 aromatic carbocycles. The number of rotatable bonds is 10. The Bertz CT molecular complexity index is 605. The normalized spacial score (nSPS) is 10.4. The molecule has 0 fully saturated rings. The summed E-state index contributed by atoms with van der Waals surface area (Å²) in [5.41, 5.74) is 3.05. The Morgan fingerprint density at radius 3 is 2.48 bits per heavy atom. The summed E-state index contributed by atoms with van der Waals surface area (Å²) in [6.45, 7) is 11.5. The summed E-state index contributed by atoms with van der Waals surface area (Å²) in [5.74, 6) is 1.99. The van der Waals surface area contributed by atoms with Gasteiger partial charge in [-0.05, 0) is 50.5 Å². The molecule has 0 heterocycles. The lowest BCUT2D eigenvalue weighted by Gasteiger charge is -2.18. The van der Waals surface area contributed by atoms with Gasteiger partial charge >= 0.3 is 0 Å². The minimum atomic E-state index is 0.200. The van der Waals surface area contributed by atoms with Gasteiger partial charge in [0.05, 0.1) is 12.3 Å². The molecule has 1 aromatic rings. The van der Waals surface area contributed by atoms with Crippen molar-refractivity contribution in [3.63, 3.8) is 0 Å². The van der Waals surface area contributed by atoms with Gasteiger partial charge in [-0.2, -0.15) is 0 Å². The highest BCUT2D eigenvalue weighted by Gasteiger charge is 2.13. The minimum Gasteiger partial charge on any atom is -0.493 e. The van der Waals surface area contributed by atoms with E-state index >= 15 is 0 Å². The number of hydrogen-bond donors (Lipinski definition) is 0. The van der Waals surface area contributed by atoms with Gasteiger partial charge in [0.1, 0.15) is 29.2 Å². The van der Waals surface area contributed by atoms with E-state index < -0.39 is 0 Å². The lowest BCUT2D eigenvalue weighted by atomic mass is 9.99. The topological polar surface area (TPSA) is 40.0 Å². The van der Waals surface area contributed by atoms with Gasteiger partial charge in [-0.1, -0.05) is 42.2 Å². The van der Waals surface area contributed by atoms with Crippen molar-refractivity contribution >= 4 is 28.9 Å². The summed E-state index contributed by atoms with van der Waals surface area (Å²) in [6, 6.07) is 3.96. The van der Waals surface area contributed by atoms with Crippen LogP contribution in [0, 0.1) is 6.92 Å². The first-order chi connectivity index (χ1) is 11.8. The van der Waals surface area contributed by atoms with Crippen LogP contribution in [0.2, 0.25) is 0 Å². The molecule has 0 saturated carbocycles. The molecule has 6 heteroatoms. The predicted molar refractivity (Wildman–Crippen MR) is 105 cm³/mol. The van der Waals surface area contributed by atoms with Gasteiger partial charge in [0.25, 0.3) is 0 Å². The average Bonchev–Trinajstić information content (AvgIpc) is 2.51. The highest BCUT2D eigenvalue weighted by molar-refractivity contribution is 6.55. The van der Waals surface area contributed by atoms with E-state index in [0.717, 1.165) is 34.8 Å². The van der Waals surface area contributed by atoms with E-state index in [0.29, 0.717) is 25.7 Å². The third kappa shape index (κ3) is 8.50. The van der Waals surface area contributed by atoms with Crippen molar-refractivity contribution in [2.75, 3.05) is 19.8 Å². The zero-order chi connectivity index (χ0) is 18.8. The van der Waals surface area contributed by atoms with Crippen molar-refractivity contribution < 1.29 is 14.3 Å². The Kier molecular flexibility index (Phi) is 9.76. The standard InChI is InChI=1S/C19H27Cl2NO3/c1-13(2)17-12-16(23-10-7-18(20)21)11-15(5)19(17)24-8-6-9-25-22-14(3)4/h7,11-13H,6,8-10H2,1-5H3. The van der Waals surface area contributed by atoms with Crippen molar-refractivity contribution in [2.45, 2.75) is 47.0 Å². The first-order valence-corrected chi connectivity index (χ1v) is 9.11. The number of oxime groups is 1. The summed E-state index contributed by atoms with van der Waals surface area (Å²) >= 11 is 11.2. The van der Waals surface area contributed by atoms with Crippen LogP contribution in [0.3, 0.4) is 0 Å². The second kappa shape index (κ2) is 11.3. The second-order valence-electron chi connectivity index (χ2n) is 6.19. The van der Waals surface area contributed by atoms with E-state index in [2.05, 4.69) is 19.0 Å². The van der Waals surface area contributed by atoms with E-state index in [4.69, 9.17) is 37.5 Å². The van der Waals surface area contributed by atoms with Crippen LogP contribution in [-0.2, 0) is 4.84 Å². The molecule has 0 unspecified atom stereocenters. The smallest absolute Gasteiger partial charge is 0.125 e. The molecule has 4 nitrogen and oxygen atoms in total. The van der Waals surface area contributed by atoms with Crippen LogP contribution in [0.25, 0.3) is 0 Å². The molecule has 25 heavy (non-hydrogen) atoms. The van der Waals surface area contributed by atoms with E-state index in [1.54, 1.807) is 6.08 Å². The molecular weight excluding hydrogens is 361 g/mol. The highest BCUT2D eigenvalue weighted by atomic mass is 35.5. The van der Waals surface area contributed by atoms with Crippen LogP contribution in [0.4, 0.5) is 0 Å². The molecule has 0 aromatic heterocycles. The third-order valence-corrected chi connectivity index (χ3v) is 3.57. The summed E-state index contributed by atoms with van der Waals surface area (Å²) in [7, 11) is 0. The molecular formula is C19H27Cl2NO3. The molecule has 0 aliphatic heterocycles. The predicted octanol–water partition coefficient (Wildman–Crippen LogP) is 6.00. The first kappa shape index (κ1) is 21.7. The Labute approximate surface area is 160 Å². The van der Waals surface area contributed by atoms with E-state index in [9.17, 15) is 0 Å². The van der Waals surface area contributed by atoms with Gasteiger partial charge < -0.3 is 14.3 Å². The van der Waals surface area contributed by atoms with Gasteiger partial charge in [0.2, 0.25) is 0 Å². The average molecular weight is 388 g/mol. The zero-order valence-corrected chi connectivity index (χ0v) is 17.1. The van der Waals surface area contributed by atoms with Crippen LogP contribution >= 0.6 is 23.2 Å². The minimum absolute atomic E-state index is 0.200. The third-order valence-electron chi connectivity index (χ3n) is 3.26. The van der Waals surface area contributed by atoms with Gasteiger partial charge in [0.15, 0.2) is 0 Å². The van der Waals surface area contributed by atoms with E-state index in [1.165, 1.54) is 0 Å². The molecule has 0 spiro atoms. The lowest BCUT2D eigenvalue weighted by Crippen LogP contribution is -2.06. The lowest BCUT2D eigenvalue weighted by molar-refractivity contribution is 0.127. The second-order valence-corrected chi connectivity index (χ2v) is 7.20. The fraction of sp³-hybridized carbons (Fsp3) is 0.526. The largest absolute Gasteiger partial charge is 0.493 e. The molecule has 0 amide bonds. The molecule has 0 N–H and O–H groups in total. The van der Waals surface area contributed by atoms with Gasteiger partial charge in [-0.3, -0.25) is 0 Å². The summed E-state index contributed by atoms with van der Waals surface area (Å²) < 4.78 is 11.9. The molecule has 0 radical (unpaired) electrons. The Hall–Kier alpha value is -1.39. The molecule has 0 bridgehead atoms. The number of nitrogens with zero attached hydrogens (tertiary/aromatic N) is 1. The zero-order valence-electron chi connectivity index (χ0n) is 15.6. The fourth-order valence-corrected chi connectivity index (χ4v) is 2.28. The van der Waals surface area contributed by atoms with Crippen LogP contribution in [-0.4, -0.2) is 25.5 Å². The maximum atomic E-state index is 6.00. The van der Waals surface area contributed by atoms with Gasteiger partial charge in [-0.15, -0.1) is 0 Å². The van der Waals surface area contributed by atoms with Crippen LogP contribution in [0.15, 0.2) is 27.9 Å². The highest BCUT2D eigenvalue weighted by Crippen LogP contribution is 2.34. The summed E-state index contributed by atoms with van der Waals surface area (Å²) in [4.78, 5) is 5.18. The maximum Gasteiger partial charge on any atom is 0.125 e. The molecule has 0 aliphatic rings.